The lowest BCUT2D eigenvalue weighted by molar-refractivity contribution is 0.871. The van der Waals surface area contributed by atoms with Gasteiger partial charge in [0.1, 0.15) is 5.82 Å². The van der Waals surface area contributed by atoms with Gasteiger partial charge in [-0.25, -0.2) is 4.98 Å². The standard InChI is InChI=1S/C21H24N4/c1-14-10-11-15(2)19(12-14)24-21-22-16(3)13-20(25-21)23-17(4)18-8-6-5-7-9-18/h5-13,17H,1-4H3,(H2,22,23,24,25). The Balaban J connectivity index is 1.82. The first kappa shape index (κ1) is 17.0. The smallest absolute Gasteiger partial charge is 0.229 e. The molecule has 0 spiro atoms. The molecule has 3 aromatic rings. The van der Waals surface area contributed by atoms with Crippen molar-refractivity contribution in [1.82, 2.24) is 9.97 Å². The number of aryl methyl sites for hydroxylation is 3. The van der Waals surface area contributed by atoms with Gasteiger partial charge in [0.25, 0.3) is 0 Å². The Hall–Kier alpha value is -2.88. The zero-order valence-electron chi connectivity index (χ0n) is 15.2. The van der Waals surface area contributed by atoms with Gasteiger partial charge in [-0.3, -0.25) is 0 Å². The molecule has 0 aliphatic rings. The Morgan fingerprint density at radius 2 is 1.64 bits per heavy atom. The first-order chi connectivity index (χ1) is 12.0. The molecule has 4 nitrogen and oxygen atoms in total. The molecule has 1 aromatic heterocycles. The fourth-order valence-corrected chi connectivity index (χ4v) is 2.74. The summed E-state index contributed by atoms with van der Waals surface area (Å²) < 4.78 is 0. The highest BCUT2D eigenvalue weighted by molar-refractivity contribution is 5.60. The molecule has 4 heteroatoms. The van der Waals surface area contributed by atoms with Gasteiger partial charge in [0.15, 0.2) is 0 Å². The summed E-state index contributed by atoms with van der Waals surface area (Å²) in [5.41, 5.74) is 5.56. The number of benzene rings is 2. The molecule has 0 saturated carbocycles. The van der Waals surface area contributed by atoms with Crippen LogP contribution in [0.1, 0.15) is 35.3 Å². The van der Waals surface area contributed by atoms with Crippen molar-refractivity contribution >= 4 is 17.5 Å². The van der Waals surface area contributed by atoms with Crippen molar-refractivity contribution in [1.29, 1.82) is 0 Å². The highest BCUT2D eigenvalue weighted by atomic mass is 15.1. The van der Waals surface area contributed by atoms with Crippen LogP contribution < -0.4 is 10.6 Å². The highest BCUT2D eigenvalue weighted by Gasteiger charge is 2.09. The molecular formula is C21H24N4. The van der Waals surface area contributed by atoms with Crippen molar-refractivity contribution in [2.75, 3.05) is 10.6 Å². The molecule has 1 heterocycles. The largest absolute Gasteiger partial charge is 0.363 e. The Labute approximate surface area is 149 Å². The van der Waals surface area contributed by atoms with E-state index in [2.05, 4.69) is 71.7 Å². The number of nitrogens with one attached hydrogen (secondary N) is 2. The van der Waals surface area contributed by atoms with Gasteiger partial charge >= 0.3 is 0 Å². The Morgan fingerprint density at radius 3 is 2.40 bits per heavy atom. The molecule has 1 unspecified atom stereocenters. The van der Waals surface area contributed by atoms with Gasteiger partial charge in [-0.05, 0) is 50.5 Å². The Bertz CT molecular complexity index is 859. The van der Waals surface area contributed by atoms with Gasteiger partial charge in [0.05, 0.1) is 0 Å². The predicted molar refractivity (Wildman–Crippen MR) is 104 cm³/mol. The van der Waals surface area contributed by atoms with E-state index in [1.165, 1.54) is 16.7 Å². The SMILES string of the molecule is Cc1ccc(C)c(Nc2nc(C)cc(NC(C)c3ccccc3)n2)c1. The Morgan fingerprint density at radius 1 is 0.880 bits per heavy atom. The third kappa shape index (κ3) is 4.35. The average Bonchev–Trinajstić information content (AvgIpc) is 2.58. The summed E-state index contributed by atoms with van der Waals surface area (Å²) in [6.45, 7) is 8.27. The maximum Gasteiger partial charge on any atom is 0.229 e. The van der Waals surface area contributed by atoms with Gasteiger partial charge in [-0.1, -0.05) is 42.5 Å². The van der Waals surface area contributed by atoms with Crippen molar-refractivity contribution < 1.29 is 0 Å². The lowest BCUT2D eigenvalue weighted by Gasteiger charge is -2.16. The average molecular weight is 332 g/mol. The van der Waals surface area contributed by atoms with Crippen LogP contribution in [0, 0.1) is 20.8 Å². The van der Waals surface area contributed by atoms with Crippen LogP contribution >= 0.6 is 0 Å². The Kier molecular flexibility index (Phi) is 4.98. The minimum absolute atomic E-state index is 0.170. The van der Waals surface area contributed by atoms with Crippen LogP contribution in [0.3, 0.4) is 0 Å². The van der Waals surface area contributed by atoms with Crippen LogP contribution in [0.5, 0.6) is 0 Å². The molecule has 128 valence electrons. The van der Waals surface area contributed by atoms with Crippen LogP contribution in [-0.2, 0) is 0 Å². The number of rotatable bonds is 5. The quantitative estimate of drug-likeness (QED) is 0.664. The summed E-state index contributed by atoms with van der Waals surface area (Å²) in [5, 5.41) is 6.81. The third-order valence-electron chi connectivity index (χ3n) is 4.16. The van der Waals surface area contributed by atoms with E-state index in [-0.39, 0.29) is 6.04 Å². The van der Waals surface area contributed by atoms with E-state index in [4.69, 9.17) is 0 Å². The molecule has 0 aliphatic carbocycles. The molecule has 3 rings (SSSR count). The van der Waals surface area contributed by atoms with Crippen LogP contribution in [-0.4, -0.2) is 9.97 Å². The van der Waals surface area contributed by atoms with E-state index in [1.54, 1.807) is 0 Å². The molecule has 0 fully saturated rings. The fraction of sp³-hybridized carbons (Fsp3) is 0.238. The molecular weight excluding hydrogens is 308 g/mol. The summed E-state index contributed by atoms with van der Waals surface area (Å²) in [5.74, 6) is 1.42. The van der Waals surface area contributed by atoms with Gasteiger partial charge < -0.3 is 10.6 Å². The van der Waals surface area contributed by atoms with Crippen molar-refractivity contribution in [3.05, 3.63) is 77.0 Å². The first-order valence-corrected chi connectivity index (χ1v) is 8.53. The summed E-state index contributed by atoms with van der Waals surface area (Å²) >= 11 is 0. The lowest BCUT2D eigenvalue weighted by atomic mass is 10.1. The third-order valence-corrected chi connectivity index (χ3v) is 4.16. The second kappa shape index (κ2) is 7.34. The van der Waals surface area contributed by atoms with Crippen LogP contribution in [0.25, 0.3) is 0 Å². The molecule has 25 heavy (non-hydrogen) atoms. The number of hydrogen-bond acceptors (Lipinski definition) is 4. The topological polar surface area (TPSA) is 49.8 Å². The predicted octanol–water partition coefficient (Wildman–Crippen LogP) is 5.32. The van der Waals surface area contributed by atoms with E-state index < -0.39 is 0 Å². The molecule has 2 N–H and O–H groups in total. The summed E-state index contributed by atoms with van der Waals surface area (Å²) in [7, 11) is 0. The monoisotopic (exact) mass is 332 g/mol. The molecule has 0 radical (unpaired) electrons. The van der Waals surface area contributed by atoms with Crippen molar-refractivity contribution in [2.45, 2.75) is 33.7 Å². The van der Waals surface area contributed by atoms with Gasteiger partial charge in [0, 0.05) is 23.5 Å². The van der Waals surface area contributed by atoms with E-state index in [0.29, 0.717) is 5.95 Å². The normalized spacial score (nSPS) is 11.8. The number of hydrogen-bond donors (Lipinski definition) is 2. The van der Waals surface area contributed by atoms with Crippen LogP contribution in [0.2, 0.25) is 0 Å². The molecule has 2 aromatic carbocycles. The number of aromatic nitrogens is 2. The van der Waals surface area contributed by atoms with Crippen molar-refractivity contribution in [3.63, 3.8) is 0 Å². The second-order valence-electron chi connectivity index (χ2n) is 6.44. The summed E-state index contributed by atoms with van der Waals surface area (Å²) in [6.07, 6.45) is 0. The van der Waals surface area contributed by atoms with Crippen LogP contribution in [0.15, 0.2) is 54.6 Å². The molecule has 0 amide bonds. The zero-order valence-corrected chi connectivity index (χ0v) is 15.2. The molecule has 0 aliphatic heterocycles. The second-order valence-corrected chi connectivity index (χ2v) is 6.44. The fourth-order valence-electron chi connectivity index (χ4n) is 2.74. The van der Waals surface area contributed by atoms with Gasteiger partial charge in [-0.15, -0.1) is 0 Å². The van der Waals surface area contributed by atoms with E-state index >= 15 is 0 Å². The van der Waals surface area contributed by atoms with Gasteiger partial charge in [0.2, 0.25) is 5.95 Å². The minimum atomic E-state index is 0.170. The number of anilines is 3. The van der Waals surface area contributed by atoms with Crippen LogP contribution in [0.4, 0.5) is 17.5 Å². The molecule has 0 saturated heterocycles. The molecule has 0 bridgehead atoms. The van der Waals surface area contributed by atoms with Crippen molar-refractivity contribution in [2.24, 2.45) is 0 Å². The summed E-state index contributed by atoms with van der Waals surface area (Å²) in [6, 6.07) is 18.8. The zero-order chi connectivity index (χ0) is 17.8. The minimum Gasteiger partial charge on any atom is -0.363 e. The first-order valence-electron chi connectivity index (χ1n) is 8.53. The van der Waals surface area contributed by atoms with Gasteiger partial charge in [-0.2, -0.15) is 4.98 Å². The van der Waals surface area contributed by atoms with E-state index in [9.17, 15) is 0 Å². The summed E-state index contributed by atoms with van der Waals surface area (Å²) in [4.78, 5) is 9.15. The number of nitrogens with zero attached hydrogens (tertiary/aromatic N) is 2. The van der Waals surface area contributed by atoms with E-state index in [0.717, 1.165) is 17.2 Å². The van der Waals surface area contributed by atoms with E-state index in [1.807, 2.05) is 31.2 Å². The van der Waals surface area contributed by atoms with Crippen molar-refractivity contribution in [3.8, 4) is 0 Å². The maximum absolute atomic E-state index is 4.63. The maximum atomic E-state index is 4.63. The molecule has 1 atom stereocenters. The lowest BCUT2D eigenvalue weighted by Crippen LogP contribution is -2.10. The highest BCUT2D eigenvalue weighted by Crippen LogP contribution is 2.23.